The van der Waals surface area contributed by atoms with Crippen LogP contribution < -0.4 is 10.9 Å². The first-order valence-electron chi connectivity index (χ1n) is 4.89. The third-order valence-electron chi connectivity index (χ3n) is 2.05. The number of nitrogens with one attached hydrogen (secondary N) is 3. The molecule has 1 heterocycles. The van der Waals surface area contributed by atoms with Crippen molar-refractivity contribution in [3.8, 4) is 0 Å². The highest BCUT2D eigenvalue weighted by molar-refractivity contribution is 5.94. The number of anilines is 1. The van der Waals surface area contributed by atoms with Crippen molar-refractivity contribution in [1.82, 2.24) is 15.6 Å². The van der Waals surface area contributed by atoms with Gasteiger partial charge in [-0.3, -0.25) is 20.7 Å². The summed E-state index contributed by atoms with van der Waals surface area (Å²) in [4.78, 5) is 11.6. The summed E-state index contributed by atoms with van der Waals surface area (Å²) in [5.41, 5.74) is 6.81. The first-order valence-corrected chi connectivity index (χ1v) is 4.89. The molecule has 0 bridgehead atoms. The number of hydrogen-bond donors (Lipinski definition) is 3. The van der Waals surface area contributed by atoms with Crippen molar-refractivity contribution in [3.63, 3.8) is 0 Å². The lowest BCUT2D eigenvalue weighted by Crippen LogP contribution is -2.29. The van der Waals surface area contributed by atoms with Crippen LogP contribution in [-0.4, -0.2) is 16.1 Å². The zero-order valence-corrected chi connectivity index (χ0v) is 8.82. The van der Waals surface area contributed by atoms with Crippen LogP contribution in [0.4, 0.5) is 5.82 Å². The second-order valence-electron chi connectivity index (χ2n) is 3.38. The number of carbonyl (C=O) groups is 1. The van der Waals surface area contributed by atoms with E-state index in [1.165, 1.54) is 0 Å². The number of rotatable bonds is 3. The van der Waals surface area contributed by atoms with Gasteiger partial charge in [0.1, 0.15) is 0 Å². The molecule has 0 aliphatic heterocycles. The first kappa shape index (κ1) is 10.2. The maximum Gasteiger partial charge on any atom is 0.269 e. The van der Waals surface area contributed by atoms with Crippen LogP contribution in [0.25, 0.3) is 0 Å². The monoisotopic (exact) mass is 216 g/mol. The molecule has 0 atom stereocenters. The molecule has 1 amide bonds. The molecule has 0 radical (unpaired) electrons. The summed E-state index contributed by atoms with van der Waals surface area (Å²) in [7, 11) is 0. The Morgan fingerprint density at radius 1 is 1.31 bits per heavy atom. The van der Waals surface area contributed by atoms with Crippen molar-refractivity contribution in [3.05, 3.63) is 47.7 Å². The van der Waals surface area contributed by atoms with Gasteiger partial charge in [0.15, 0.2) is 5.82 Å². The minimum atomic E-state index is -0.193. The predicted molar refractivity (Wildman–Crippen MR) is 60.9 cm³/mol. The van der Waals surface area contributed by atoms with Crippen LogP contribution >= 0.6 is 0 Å². The summed E-state index contributed by atoms with van der Waals surface area (Å²) in [6.07, 6.45) is 0. The molecule has 0 fully saturated rings. The van der Waals surface area contributed by atoms with Gasteiger partial charge in [0, 0.05) is 17.3 Å². The number of aromatic nitrogens is 2. The molecular weight excluding hydrogens is 204 g/mol. The Bertz CT molecular complexity index is 478. The third-order valence-corrected chi connectivity index (χ3v) is 2.05. The van der Waals surface area contributed by atoms with Gasteiger partial charge in [0.05, 0.1) is 0 Å². The molecule has 0 unspecified atom stereocenters. The van der Waals surface area contributed by atoms with Gasteiger partial charge >= 0.3 is 0 Å². The van der Waals surface area contributed by atoms with Gasteiger partial charge in [-0.1, -0.05) is 18.2 Å². The molecule has 16 heavy (non-hydrogen) atoms. The Kier molecular flexibility index (Phi) is 2.86. The van der Waals surface area contributed by atoms with E-state index in [2.05, 4.69) is 21.0 Å². The zero-order chi connectivity index (χ0) is 11.4. The van der Waals surface area contributed by atoms with E-state index in [1.54, 1.807) is 18.2 Å². The summed E-state index contributed by atoms with van der Waals surface area (Å²) in [5.74, 6) is 0.392. The molecule has 0 saturated carbocycles. The van der Waals surface area contributed by atoms with Gasteiger partial charge in [-0.2, -0.15) is 5.10 Å². The van der Waals surface area contributed by atoms with Crippen molar-refractivity contribution in [2.75, 3.05) is 5.43 Å². The molecule has 82 valence electrons. The van der Waals surface area contributed by atoms with Crippen molar-refractivity contribution in [2.24, 2.45) is 0 Å². The number of amides is 1. The number of benzene rings is 1. The molecule has 5 nitrogen and oxygen atoms in total. The standard InChI is InChI=1S/C11H12N4O/c1-8-7-10(13-12-8)14-15-11(16)9-5-3-2-4-6-9/h2-7H,1H3,(H,15,16)(H2,12,13,14). The minimum Gasteiger partial charge on any atom is -0.281 e. The van der Waals surface area contributed by atoms with Crippen LogP contribution in [0.5, 0.6) is 0 Å². The molecule has 0 saturated heterocycles. The Balaban J connectivity index is 1.94. The van der Waals surface area contributed by atoms with Crippen LogP contribution in [0.15, 0.2) is 36.4 Å². The Labute approximate surface area is 92.8 Å². The van der Waals surface area contributed by atoms with Crippen molar-refractivity contribution < 1.29 is 4.79 Å². The van der Waals surface area contributed by atoms with Gasteiger partial charge in [-0.25, -0.2) is 0 Å². The van der Waals surface area contributed by atoms with Crippen LogP contribution in [0.3, 0.4) is 0 Å². The van der Waals surface area contributed by atoms with E-state index in [1.807, 2.05) is 25.1 Å². The first-order chi connectivity index (χ1) is 7.75. The molecule has 0 spiro atoms. The van der Waals surface area contributed by atoms with E-state index in [9.17, 15) is 4.79 Å². The number of hydrazine groups is 1. The minimum absolute atomic E-state index is 0.193. The molecule has 0 aliphatic carbocycles. The quantitative estimate of drug-likeness (QED) is 0.680. The van der Waals surface area contributed by atoms with Crippen LogP contribution in [-0.2, 0) is 0 Å². The van der Waals surface area contributed by atoms with Crippen molar-refractivity contribution >= 4 is 11.7 Å². The predicted octanol–water partition coefficient (Wildman–Crippen LogP) is 1.48. The molecule has 2 rings (SSSR count). The fourth-order valence-corrected chi connectivity index (χ4v) is 1.26. The lowest BCUT2D eigenvalue weighted by Gasteiger charge is -2.04. The fourth-order valence-electron chi connectivity index (χ4n) is 1.26. The average molecular weight is 216 g/mol. The lowest BCUT2D eigenvalue weighted by atomic mass is 10.2. The van der Waals surface area contributed by atoms with E-state index >= 15 is 0 Å². The van der Waals surface area contributed by atoms with Crippen LogP contribution in [0.2, 0.25) is 0 Å². The maximum atomic E-state index is 11.6. The number of aryl methyl sites for hydroxylation is 1. The number of carbonyl (C=O) groups excluding carboxylic acids is 1. The summed E-state index contributed by atoms with van der Waals surface area (Å²) in [6, 6.07) is 10.8. The highest BCUT2D eigenvalue weighted by Crippen LogP contribution is 2.02. The van der Waals surface area contributed by atoms with E-state index in [4.69, 9.17) is 0 Å². The number of aromatic amines is 1. The number of hydrogen-bond acceptors (Lipinski definition) is 3. The highest BCUT2D eigenvalue weighted by Gasteiger charge is 2.03. The molecular formula is C11H12N4O. The van der Waals surface area contributed by atoms with E-state index in [0.29, 0.717) is 11.4 Å². The maximum absolute atomic E-state index is 11.6. The second-order valence-corrected chi connectivity index (χ2v) is 3.38. The van der Waals surface area contributed by atoms with E-state index < -0.39 is 0 Å². The van der Waals surface area contributed by atoms with Gasteiger partial charge in [-0.15, -0.1) is 0 Å². The van der Waals surface area contributed by atoms with Crippen LogP contribution in [0.1, 0.15) is 16.1 Å². The SMILES string of the molecule is Cc1cc(NNC(=O)c2ccccc2)n[nH]1. The lowest BCUT2D eigenvalue weighted by molar-refractivity contribution is 0.0962. The molecule has 0 aliphatic rings. The summed E-state index contributed by atoms with van der Waals surface area (Å²) >= 11 is 0. The van der Waals surface area contributed by atoms with Gasteiger partial charge < -0.3 is 0 Å². The fraction of sp³-hybridized carbons (Fsp3) is 0.0909. The van der Waals surface area contributed by atoms with E-state index in [0.717, 1.165) is 5.69 Å². The summed E-state index contributed by atoms with van der Waals surface area (Å²) < 4.78 is 0. The van der Waals surface area contributed by atoms with Crippen LogP contribution in [0, 0.1) is 6.92 Å². The Morgan fingerprint density at radius 2 is 2.06 bits per heavy atom. The Morgan fingerprint density at radius 3 is 2.69 bits per heavy atom. The number of nitrogens with zero attached hydrogens (tertiary/aromatic N) is 1. The normalized spacial score (nSPS) is 9.81. The highest BCUT2D eigenvalue weighted by atomic mass is 16.2. The van der Waals surface area contributed by atoms with Gasteiger partial charge in [0.2, 0.25) is 0 Å². The summed E-state index contributed by atoms with van der Waals surface area (Å²) in [6.45, 7) is 1.89. The summed E-state index contributed by atoms with van der Waals surface area (Å²) in [5, 5.41) is 6.70. The molecule has 3 N–H and O–H groups in total. The smallest absolute Gasteiger partial charge is 0.269 e. The molecule has 1 aromatic carbocycles. The third kappa shape index (κ3) is 2.38. The molecule has 5 heteroatoms. The Hall–Kier alpha value is -2.30. The largest absolute Gasteiger partial charge is 0.281 e. The van der Waals surface area contributed by atoms with Gasteiger partial charge in [0.25, 0.3) is 5.91 Å². The topological polar surface area (TPSA) is 69.8 Å². The second kappa shape index (κ2) is 4.48. The van der Waals surface area contributed by atoms with Crippen molar-refractivity contribution in [2.45, 2.75) is 6.92 Å². The molecule has 2 aromatic rings. The number of H-pyrrole nitrogens is 1. The molecule has 1 aromatic heterocycles. The zero-order valence-electron chi connectivity index (χ0n) is 8.82. The van der Waals surface area contributed by atoms with Crippen molar-refractivity contribution in [1.29, 1.82) is 0 Å². The van der Waals surface area contributed by atoms with E-state index in [-0.39, 0.29) is 5.91 Å². The average Bonchev–Trinajstić information content (AvgIpc) is 2.73. The van der Waals surface area contributed by atoms with Gasteiger partial charge in [-0.05, 0) is 19.1 Å².